The Morgan fingerprint density at radius 2 is 2.06 bits per heavy atom. The highest BCUT2D eigenvalue weighted by Crippen LogP contribution is 2.46. The largest absolute Gasteiger partial charge is 0.389 e. The first kappa shape index (κ1) is 14.6. The summed E-state index contributed by atoms with van der Waals surface area (Å²) in [5, 5.41) is 13.3. The normalized spacial score (nSPS) is 25.0. The van der Waals surface area contributed by atoms with Crippen molar-refractivity contribution in [2.75, 3.05) is 26.0 Å². The van der Waals surface area contributed by atoms with E-state index in [9.17, 15) is 5.11 Å². The second-order valence-electron chi connectivity index (χ2n) is 5.77. The molecule has 18 heavy (non-hydrogen) atoms. The molecule has 1 atom stereocenters. The first-order valence-corrected chi connectivity index (χ1v) is 8.52. The third-order valence-electron chi connectivity index (χ3n) is 4.14. The van der Waals surface area contributed by atoms with Crippen LogP contribution in [0.1, 0.15) is 44.9 Å². The van der Waals surface area contributed by atoms with Gasteiger partial charge in [-0.15, -0.1) is 0 Å². The van der Waals surface area contributed by atoms with Crippen molar-refractivity contribution in [3.8, 4) is 0 Å². The van der Waals surface area contributed by atoms with Crippen molar-refractivity contribution < 1.29 is 9.84 Å². The van der Waals surface area contributed by atoms with Crippen molar-refractivity contribution in [3.05, 3.63) is 0 Å². The van der Waals surface area contributed by atoms with Crippen LogP contribution >= 0.6 is 11.8 Å². The van der Waals surface area contributed by atoms with Gasteiger partial charge in [-0.05, 0) is 31.9 Å². The molecule has 0 spiro atoms. The minimum Gasteiger partial charge on any atom is -0.389 e. The lowest BCUT2D eigenvalue weighted by molar-refractivity contribution is -0.0229. The van der Waals surface area contributed by atoms with E-state index in [1.807, 2.05) is 11.8 Å². The fourth-order valence-corrected chi connectivity index (χ4v) is 3.35. The fourth-order valence-electron chi connectivity index (χ4n) is 2.60. The number of rotatable bonds is 8. The zero-order valence-corrected chi connectivity index (χ0v) is 12.3. The predicted octanol–water partition coefficient (Wildman–Crippen LogP) is 2.18. The molecule has 2 saturated carbocycles. The highest BCUT2D eigenvalue weighted by molar-refractivity contribution is 8.00. The molecular formula is C14H27NO2S. The summed E-state index contributed by atoms with van der Waals surface area (Å²) < 4.78 is 6.25. The number of aliphatic hydroxyl groups excluding tert-OH is 1. The van der Waals surface area contributed by atoms with Crippen LogP contribution in [0, 0.1) is 0 Å². The molecule has 2 aliphatic carbocycles. The maximum atomic E-state index is 9.88. The molecule has 0 radical (unpaired) electrons. The Hall–Kier alpha value is 0.230. The van der Waals surface area contributed by atoms with Crippen LogP contribution in [0.25, 0.3) is 0 Å². The number of aliphatic hydroxyl groups is 1. The second kappa shape index (κ2) is 7.13. The van der Waals surface area contributed by atoms with Crippen LogP contribution in [0.5, 0.6) is 0 Å². The maximum absolute atomic E-state index is 9.88. The molecular weight excluding hydrogens is 246 g/mol. The lowest BCUT2D eigenvalue weighted by Crippen LogP contribution is -2.36. The molecule has 0 aromatic heterocycles. The van der Waals surface area contributed by atoms with Gasteiger partial charge in [-0.3, -0.25) is 0 Å². The molecule has 1 unspecified atom stereocenters. The van der Waals surface area contributed by atoms with Crippen LogP contribution < -0.4 is 5.32 Å². The smallest absolute Gasteiger partial charge is 0.0897 e. The SMILES string of the molecule is CSC1(CNCC(O)COC2CCCCC2)CC1. The molecule has 4 heteroatoms. The van der Waals surface area contributed by atoms with Gasteiger partial charge in [-0.2, -0.15) is 11.8 Å². The van der Waals surface area contributed by atoms with Crippen molar-refractivity contribution >= 4 is 11.8 Å². The van der Waals surface area contributed by atoms with E-state index in [0.717, 1.165) is 6.54 Å². The average Bonchev–Trinajstić information content (AvgIpc) is 3.18. The van der Waals surface area contributed by atoms with Crippen molar-refractivity contribution in [1.29, 1.82) is 0 Å². The molecule has 2 N–H and O–H groups in total. The topological polar surface area (TPSA) is 41.5 Å². The van der Waals surface area contributed by atoms with E-state index >= 15 is 0 Å². The summed E-state index contributed by atoms with van der Waals surface area (Å²) in [5.74, 6) is 0. The first-order chi connectivity index (χ1) is 8.74. The van der Waals surface area contributed by atoms with Gasteiger partial charge in [0, 0.05) is 17.8 Å². The molecule has 0 aromatic rings. The van der Waals surface area contributed by atoms with Crippen molar-refractivity contribution in [3.63, 3.8) is 0 Å². The third-order valence-corrected chi connectivity index (χ3v) is 5.56. The Balaban J connectivity index is 1.50. The monoisotopic (exact) mass is 273 g/mol. The molecule has 3 nitrogen and oxygen atoms in total. The molecule has 106 valence electrons. The zero-order valence-electron chi connectivity index (χ0n) is 11.5. The summed E-state index contributed by atoms with van der Waals surface area (Å²) in [7, 11) is 0. The lowest BCUT2D eigenvalue weighted by atomic mass is 9.98. The molecule has 0 amide bonds. The predicted molar refractivity (Wildman–Crippen MR) is 77.2 cm³/mol. The van der Waals surface area contributed by atoms with Gasteiger partial charge in [0.15, 0.2) is 0 Å². The van der Waals surface area contributed by atoms with E-state index in [1.165, 1.54) is 44.9 Å². The van der Waals surface area contributed by atoms with Gasteiger partial charge >= 0.3 is 0 Å². The van der Waals surface area contributed by atoms with Crippen LogP contribution in [0.15, 0.2) is 0 Å². The van der Waals surface area contributed by atoms with Crippen molar-refractivity contribution in [1.82, 2.24) is 5.32 Å². The Labute approximate surface area is 115 Å². The quantitative estimate of drug-likeness (QED) is 0.711. The zero-order chi connectivity index (χ0) is 12.8. The van der Waals surface area contributed by atoms with Gasteiger partial charge in [0.1, 0.15) is 0 Å². The molecule has 0 aromatic carbocycles. The maximum Gasteiger partial charge on any atom is 0.0897 e. The van der Waals surface area contributed by atoms with E-state index in [1.54, 1.807) is 0 Å². The Bertz CT molecular complexity index is 240. The Morgan fingerprint density at radius 1 is 1.33 bits per heavy atom. The van der Waals surface area contributed by atoms with Crippen LogP contribution in [-0.2, 0) is 4.74 Å². The second-order valence-corrected chi connectivity index (χ2v) is 7.04. The van der Waals surface area contributed by atoms with Gasteiger partial charge in [-0.25, -0.2) is 0 Å². The lowest BCUT2D eigenvalue weighted by Gasteiger charge is -2.23. The minimum absolute atomic E-state index is 0.357. The van der Waals surface area contributed by atoms with Gasteiger partial charge in [0.2, 0.25) is 0 Å². The molecule has 0 saturated heterocycles. The van der Waals surface area contributed by atoms with Gasteiger partial charge in [0.25, 0.3) is 0 Å². The molecule has 2 fully saturated rings. The van der Waals surface area contributed by atoms with Crippen LogP contribution in [0.3, 0.4) is 0 Å². The van der Waals surface area contributed by atoms with E-state index in [-0.39, 0.29) is 6.10 Å². The highest BCUT2D eigenvalue weighted by atomic mass is 32.2. The first-order valence-electron chi connectivity index (χ1n) is 7.30. The third kappa shape index (κ3) is 4.72. The van der Waals surface area contributed by atoms with Crippen LogP contribution in [0.4, 0.5) is 0 Å². The van der Waals surface area contributed by atoms with E-state index in [4.69, 9.17) is 4.74 Å². The fraction of sp³-hybridized carbons (Fsp3) is 1.00. The van der Waals surface area contributed by atoms with E-state index in [2.05, 4.69) is 11.6 Å². The number of hydrogen-bond donors (Lipinski definition) is 2. The van der Waals surface area contributed by atoms with Crippen molar-refractivity contribution in [2.24, 2.45) is 0 Å². The summed E-state index contributed by atoms with van der Waals surface area (Å²) in [5.41, 5.74) is 0. The Morgan fingerprint density at radius 3 is 2.67 bits per heavy atom. The summed E-state index contributed by atoms with van der Waals surface area (Å²) in [6, 6.07) is 0. The summed E-state index contributed by atoms with van der Waals surface area (Å²) in [6.45, 7) is 2.17. The summed E-state index contributed by atoms with van der Waals surface area (Å²) in [4.78, 5) is 0. The van der Waals surface area contributed by atoms with Crippen LogP contribution in [-0.4, -0.2) is 48.0 Å². The molecule has 2 rings (SSSR count). The highest BCUT2D eigenvalue weighted by Gasteiger charge is 2.41. The number of nitrogens with one attached hydrogen (secondary N) is 1. The molecule has 0 bridgehead atoms. The van der Waals surface area contributed by atoms with Gasteiger partial charge < -0.3 is 15.2 Å². The number of hydrogen-bond acceptors (Lipinski definition) is 4. The Kier molecular flexibility index (Phi) is 5.80. The van der Waals surface area contributed by atoms with Gasteiger partial charge in [0.05, 0.1) is 18.8 Å². The van der Waals surface area contributed by atoms with Crippen LogP contribution in [0.2, 0.25) is 0 Å². The van der Waals surface area contributed by atoms with Gasteiger partial charge in [-0.1, -0.05) is 19.3 Å². The summed E-state index contributed by atoms with van der Waals surface area (Å²) in [6.07, 6.45) is 11.1. The minimum atomic E-state index is -0.357. The number of ether oxygens (including phenoxy) is 1. The molecule has 0 aliphatic heterocycles. The molecule has 0 heterocycles. The standard InChI is InChI=1S/C14H27NO2S/c1-18-14(7-8-14)11-15-9-12(16)10-17-13-5-3-2-4-6-13/h12-13,15-16H,2-11H2,1H3. The average molecular weight is 273 g/mol. The van der Waals surface area contributed by atoms with E-state index in [0.29, 0.717) is 24.0 Å². The molecule has 2 aliphatic rings. The van der Waals surface area contributed by atoms with Crippen molar-refractivity contribution in [2.45, 2.75) is 61.9 Å². The number of thioether (sulfide) groups is 1. The van der Waals surface area contributed by atoms with E-state index < -0.39 is 0 Å². The summed E-state index contributed by atoms with van der Waals surface area (Å²) >= 11 is 1.95.